The van der Waals surface area contributed by atoms with E-state index < -0.39 is 10.8 Å². The third-order valence-corrected chi connectivity index (χ3v) is 4.30. The van der Waals surface area contributed by atoms with Crippen LogP contribution < -0.4 is 0 Å². The Labute approximate surface area is 160 Å². The van der Waals surface area contributed by atoms with E-state index in [-0.39, 0.29) is 17.2 Å². The van der Waals surface area contributed by atoms with Gasteiger partial charge in [0, 0.05) is 11.8 Å². The van der Waals surface area contributed by atoms with Gasteiger partial charge in [0.1, 0.15) is 10.6 Å². The first-order valence-corrected chi connectivity index (χ1v) is 8.54. The number of aromatic nitrogens is 2. The Balaban J connectivity index is 1.85. The summed E-state index contributed by atoms with van der Waals surface area (Å²) < 4.78 is 6.86. The second-order valence-electron chi connectivity index (χ2n) is 6.26. The van der Waals surface area contributed by atoms with E-state index in [0.717, 1.165) is 11.3 Å². The van der Waals surface area contributed by atoms with Crippen molar-refractivity contribution in [2.24, 2.45) is 0 Å². The van der Waals surface area contributed by atoms with Crippen LogP contribution >= 0.6 is 0 Å². The SMILES string of the molecule is Cc1ccc(C(=O)c2cn(-c3ccccc3)nc2-c2ccc([N+](=O)[O-])o2)cc1. The van der Waals surface area contributed by atoms with Crippen LogP contribution in [0.5, 0.6) is 0 Å². The number of para-hydroxylation sites is 1. The molecule has 4 rings (SSSR count). The highest BCUT2D eigenvalue weighted by Crippen LogP contribution is 2.30. The molecule has 0 amide bonds. The summed E-state index contributed by atoms with van der Waals surface area (Å²) in [5, 5.41) is 15.4. The number of benzene rings is 2. The molecular weight excluding hydrogens is 358 g/mol. The van der Waals surface area contributed by atoms with Gasteiger partial charge in [0.15, 0.2) is 11.5 Å². The van der Waals surface area contributed by atoms with Crippen LogP contribution in [-0.2, 0) is 0 Å². The molecule has 0 aliphatic heterocycles. The molecule has 2 heterocycles. The van der Waals surface area contributed by atoms with E-state index in [4.69, 9.17) is 4.42 Å². The molecule has 0 bridgehead atoms. The van der Waals surface area contributed by atoms with Gasteiger partial charge in [-0.05, 0) is 25.1 Å². The number of hydrogen-bond acceptors (Lipinski definition) is 5. The van der Waals surface area contributed by atoms with Crippen molar-refractivity contribution in [1.29, 1.82) is 0 Å². The number of ketones is 1. The molecule has 0 N–H and O–H groups in total. The van der Waals surface area contributed by atoms with Gasteiger partial charge in [0.05, 0.1) is 17.3 Å². The number of nitro groups is 1. The lowest BCUT2D eigenvalue weighted by atomic mass is 10.0. The maximum absolute atomic E-state index is 13.1. The Bertz CT molecular complexity index is 1160. The molecule has 4 aromatic rings. The lowest BCUT2D eigenvalue weighted by Gasteiger charge is -2.01. The maximum atomic E-state index is 13.1. The number of furan rings is 1. The fourth-order valence-corrected chi connectivity index (χ4v) is 2.85. The summed E-state index contributed by atoms with van der Waals surface area (Å²) in [6.45, 7) is 1.94. The first-order chi connectivity index (χ1) is 13.5. The van der Waals surface area contributed by atoms with Gasteiger partial charge in [-0.15, -0.1) is 0 Å². The van der Waals surface area contributed by atoms with Crippen molar-refractivity contribution in [3.63, 3.8) is 0 Å². The molecule has 0 aliphatic rings. The first kappa shape index (κ1) is 17.4. The molecule has 28 heavy (non-hydrogen) atoms. The van der Waals surface area contributed by atoms with Gasteiger partial charge in [-0.2, -0.15) is 5.10 Å². The molecule has 2 aromatic heterocycles. The molecule has 0 radical (unpaired) electrons. The van der Waals surface area contributed by atoms with E-state index in [9.17, 15) is 14.9 Å². The number of carbonyl (C=O) groups is 1. The Hall–Kier alpha value is -4.00. The topological polar surface area (TPSA) is 91.2 Å². The lowest BCUT2D eigenvalue weighted by molar-refractivity contribution is -0.401. The van der Waals surface area contributed by atoms with Crippen LogP contribution in [0.25, 0.3) is 17.1 Å². The van der Waals surface area contributed by atoms with E-state index in [0.29, 0.717) is 11.1 Å². The van der Waals surface area contributed by atoms with Crippen molar-refractivity contribution in [2.45, 2.75) is 6.92 Å². The van der Waals surface area contributed by atoms with Crippen molar-refractivity contribution in [3.05, 3.63) is 99.7 Å². The largest absolute Gasteiger partial charge is 0.433 e. The zero-order valence-corrected chi connectivity index (χ0v) is 14.9. The molecule has 138 valence electrons. The Morgan fingerprint density at radius 1 is 1.04 bits per heavy atom. The number of nitrogens with zero attached hydrogens (tertiary/aromatic N) is 3. The minimum Gasteiger partial charge on any atom is -0.399 e. The van der Waals surface area contributed by atoms with E-state index >= 15 is 0 Å². The third-order valence-electron chi connectivity index (χ3n) is 4.30. The lowest BCUT2D eigenvalue weighted by Crippen LogP contribution is -2.01. The zero-order chi connectivity index (χ0) is 19.7. The van der Waals surface area contributed by atoms with Crippen molar-refractivity contribution in [1.82, 2.24) is 9.78 Å². The summed E-state index contributed by atoms with van der Waals surface area (Å²) in [6.07, 6.45) is 1.61. The molecule has 7 nitrogen and oxygen atoms in total. The van der Waals surface area contributed by atoms with Crippen LogP contribution in [0.4, 0.5) is 5.88 Å². The first-order valence-electron chi connectivity index (χ1n) is 8.54. The highest BCUT2D eigenvalue weighted by Gasteiger charge is 2.24. The zero-order valence-electron chi connectivity index (χ0n) is 14.9. The van der Waals surface area contributed by atoms with Crippen LogP contribution in [0.3, 0.4) is 0 Å². The van der Waals surface area contributed by atoms with Crippen LogP contribution in [0.15, 0.2) is 77.3 Å². The predicted molar refractivity (Wildman–Crippen MR) is 103 cm³/mol. The predicted octanol–water partition coefficient (Wildman–Crippen LogP) is 4.58. The van der Waals surface area contributed by atoms with Gasteiger partial charge < -0.3 is 4.42 Å². The average Bonchev–Trinajstić information content (AvgIpc) is 3.36. The minimum absolute atomic E-state index is 0.164. The fourth-order valence-electron chi connectivity index (χ4n) is 2.85. The summed E-state index contributed by atoms with van der Waals surface area (Å²) in [7, 11) is 0. The van der Waals surface area contributed by atoms with Crippen molar-refractivity contribution in [3.8, 4) is 17.1 Å². The summed E-state index contributed by atoms with van der Waals surface area (Å²) in [6, 6.07) is 19.2. The second kappa shape index (κ2) is 6.96. The molecule has 0 spiro atoms. The van der Waals surface area contributed by atoms with Crippen molar-refractivity contribution in [2.75, 3.05) is 0 Å². The van der Waals surface area contributed by atoms with E-state index in [1.807, 2.05) is 49.4 Å². The van der Waals surface area contributed by atoms with E-state index in [1.54, 1.807) is 23.0 Å². The van der Waals surface area contributed by atoms with Crippen molar-refractivity contribution < 1.29 is 14.1 Å². The number of rotatable bonds is 5. The maximum Gasteiger partial charge on any atom is 0.433 e. The van der Waals surface area contributed by atoms with Gasteiger partial charge in [-0.3, -0.25) is 14.9 Å². The van der Waals surface area contributed by atoms with Crippen LogP contribution in [0, 0.1) is 17.0 Å². The molecule has 0 atom stereocenters. The summed E-state index contributed by atoms with van der Waals surface area (Å²) in [5.74, 6) is -0.480. The fraction of sp³-hybridized carbons (Fsp3) is 0.0476. The minimum atomic E-state index is -0.626. The van der Waals surface area contributed by atoms with Crippen molar-refractivity contribution >= 4 is 11.7 Å². The highest BCUT2D eigenvalue weighted by atomic mass is 16.6. The number of hydrogen-bond donors (Lipinski definition) is 0. The van der Waals surface area contributed by atoms with Gasteiger partial charge in [-0.25, -0.2) is 4.68 Å². The highest BCUT2D eigenvalue weighted by molar-refractivity contribution is 6.12. The summed E-state index contributed by atoms with van der Waals surface area (Å²) in [4.78, 5) is 23.4. The average molecular weight is 373 g/mol. The quantitative estimate of drug-likeness (QED) is 0.290. The third kappa shape index (κ3) is 3.21. The smallest absolute Gasteiger partial charge is 0.399 e. The van der Waals surface area contributed by atoms with Gasteiger partial charge in [0.2, 0.25) is 0 Å². The molecule has 7 heteroatoms. The number of carbonyl (C=O) groups excluding carboxylic acids is 1. The van der Waals surface area contributed by atoms with E-state index in [1.165, 1.54) is 12.1 Å². The Morgan fingerprint density at radius 2 is 1.75 bits per heavy atom. The van der Waals surface area contributed by atoms with Crippen LogP contribution in [-0.4, -0.2) is 20.5 Å². The molecule has 0 unspecified atom stereocenters. The molecule has 0 fully saturated rings. The van der Waals surface area contributed by atoms with Gasteiger partial charge >= 0.3 is 5.88 Å². The van der Waals surface area contributed by atoms with Crippen LogP contribution in [0.1, 0.15) is 21.5 Å². The van der Waals surface area contributed by atoms with E-state index in [2.05, 4.69) is 5.10 Å². The van der Waals surface area contributed by atoms with Gasteiger partial charge in [-0.1, -0.05) is 48.0 Å². The Morgan fingerprint density at radius 3 is 2.39 bits per heavy atom. The normalized spacial score (nSPS) is 10.8. The monoisotopic (exact) mass is 373 g/mol. The molecule has 0 saturated heterocycles. The summed E-state index contributed by atoms with van der Waals surface area (Å²) >= 11 is 0. The Kier molecular flexibility index (Phi) is 4.33. The molecule has 0 saturated carbocycles. The second-order valence-corrected chi connectivity index (χ2v) is 6.26. The number of aryl methyl sites for hydroxylation is 1. The summed E-state index contributed by atoms with van der Waals surface area (Å²) in [5.41, 5.74) is 2.85. The molecule has 0 aliphatic carbocycles. The van der Waals surface area contributed by atoms with Gasteiger partial charge in [0.25, 0.3) is 0 Å². The van der Waals surface area contributed by atoms with Crippen LogP contribution in [0.2, 0.25) is 0 Å². The molecule has 2 aromatic carbocycles. The standard InChI is InChI=1S/C21H15N3O4/c1-14-7-9-15(10-8-14)21(25)17-13-23(16-5-3-2-4-6-16)22-20(17)18-11-12-19(28-18)24(26)27/h2-13H,1H3. The molecular formula is C21H15N3O4.